The summed E-state index contributed by atoms with van der Waals surface area (Å²) in [7, 11) is 0. The first kappa shape index (κ1) is 26.4. The number of aliphatic hydroxyl groups is 1. The fourth-order valence-electron chi connectivity index (χ4n) is 6.09. The van der Waals surface area contributed by atoms with Crippen LogP contribution in [-0.2, 0) is 19.1 Å². The van der Waals surface area contributed by atoms with Crippen molar-refractivity contribution in [2.75, 3.05) is 39.3 Å². The molecule has 0 radical (unpaired) electrons. The van der Waals surface area contributed by atoms with Crippen LogP contribution in [0.2, 0.25) is 0 Å². The normalized spacial score (nSPS) is 29.3. The smallest absolute Gasteiger partial charge is 0.248 e. The topological polar surface area (TPSA) is 90.4 Å². The lowest BCUT2D eigenvalue weighted by atomic mass is 9.70. The Balaban J connectivity index is 1.99. The molecule has 190 valence electrons. The molecule has 2 bridgehead atoms. The van der Waals surface area contributed by atoms with Crippen molar-refractivity contribution < 1.29 is 24.2 Å². The van der Waals surface area contributed by atoms with E-state index in [1.165, 1.54) is 0 Å². The lowest BCUT2D eigenvalue weighted by Crippen LogP contribution is -2.56. The zero-order valence-corrected chi connectivity index (χ0v) is 20.8. The quantitative estimate of drug-likeness (QED) is 0.388. The highest BCUT2D eigenvalue weighted by Gasteiger charge is 2.74. The van der Waals surface area contributed by atoms with Gasteiger partial charge in [0.15, 0.2) is 0 Å². The number of nitrogens with zero attached hydrogens (tertiary/aromatic N) is 3. The zero-order valence-electron chi connectivity index (χ0n) is 20.8. The van der Waals surface area contributed by atoms with Gasteiger partial charge < -0.3 is 24.5 Å². The number of amides is 3. The molecular weight excluding hydrogens is 434 g/mol. The van der Waals surface area contributed by atoms with Gasteiger partial charge in [0, 0.05) is 39.3 Å². The van der Waals surface area contributed by atoms with Crippen LogP contribution in [0.3, 0.4) is 0 Å². The molecule has 0 aromatic rings. The number of hydrogen-bond donors (Lipinski definition) is 1. The van der Waals surface area contributed by atoms with Crippen molar-refractivity contribution >= 4 is 17.7 Å². The van der Waals surface area contributed by atoms with Crippen LogP contribution in [0.1, 0.15) is 52.4 Å². The molecule has 3 aliphatic rings. The third kappa shape index (κ3) is 4.54. The maximum Gasteiger partial charge on any atom is 0.248 e. The van der Waals surface area contributed by atoms with Crippen LogP contribution in [-0.4, -0.2) is 94.6 Å². The molecule has 3 aliphatic heterocycles. The van der Waals surface area contributed by atoms with Crippen molar-refractivity contribution in [2.45, 2.75) is 70.1 Å². The summed E-state index contributed by atoms with van der Waals surface area (Å²) in [6, 6.07) is -0.782. The summed E-state index contributed by atoms with van der Waals surface area (Å²) < 4.78 is 6.50. The SMILES string of the molecule is C=CCN(CCCC)C(=O)C1N(CCCO)C(=O)[C@@H]2[C@@H](C(=O)N(CC=C)CCC)[C@H]3CCC12O3. The van der Waals surface area contributed by atoms with Crippen molar-refractivity contribution in [1.82, 2.24) is 14.7 Å². The molecule has 3 amide bonds. The molecule has 8 nitrogen and oxygen atoms in total. The van der Waals surface area contributed by atoms with Gasteiger partial charge in [-0.3, -0.25) is 14.4 Å². The average molecular weight is 476 g/mol. The van der Waals surface area contributed by atoms with Gasteiger partial charge in [-0.2, -0.15) is 0 Å². The molecular formula is C26H41N3O5. The van der Waals surface area contributed by atoms with E-state index in [2.05, 4.69) is 20.1 Å². The van der Waals surface area contributed by atoms with Gasteiger partial charge in [0.05, 0.1) is 17.9 Å². The van der Waals surface area contributed by atoms with Crippen LogP contribution < -0.4 is 0 Å². The van der Waals surface area contributed by atoms with Crippen LogP contribution in [0.15, 0.2) is 25.3 Å². The molecule has 0 aliphatic carbocycles. The minimum Gasteiger partial charge on any atom is -0.396 e. The summed E-state index contributed by atoms with van der Waals surface area (Å²) in [5.41, 5.74) is -0.994. The lowest BCUT2D eigenvalue weighted by Gasteiger charge is -2.37. The fourth-order valence-corrected chi connectivity index (χ4v) is 6.09. The summed E-state index contributed by atoms with van der Waals surface area (Å²) in [5, 5.41) is 9.46. The number of aliphatic hydroxyl groups excluding tert-OH is 1. The van der Waals surface area contributed by atoms with Gasteiger partial charge in [0.1, 0.15) is 11.6 Å². The van der Waals surface area contributed by atoms with Gasteiger partial charge in [-0.05, 0) is 32.1 Å². The van der Waals surface area contributed by atoms with Gasteiger partial charge in [-0.15, -0.1) is 13.2 Å². The maximum absolute atomic E-state index is 13.9. The molecule has 0 aromatic heterocycles. The van der Waals surface area contributed by atoms with E-state index in [1.807, 2.05) is 6.92 Å². The van der Waals surface area contributed by atoms with Crippen LogP contribution in [0, 0.1) is 11.8 Å². The van der Waals surface area contributed by atoms with E-state index < -0.39 is 23.5 Å². The number of unbranched alkanes of at least 4 members (excludes halogenated alkanes) is 1. The van der Waals surface area contributed by atoms with Gasteiger partial charge in [-0.25, -0.2) is 0 Å². The van der Waals surface area contributed by atoms with Crippen molar-refractivity contribution in [3.05, 3.63) is 25.3 Å². The molecule has 3 saturated heterocycles. The summed E-state index contributed by atoms with van der Waals surface area (Å²) in [6.07, 6.45) is 7.25. The number of ether oxygens (including phenoxy) is 1. The highest BCUT2D eigenvalue weighted by Crippen LogP contribution is 2.59. The fraction of sp³-hybridized carbons (Fsp3) is 0.731. The Kier molecular flexibility index (Phi) is 8.93. The molecule has 0 aromatic carbocycles. The number of fused-ring (bicyclic) bond motifs is 1. The molecule has 1 spiro atoms. The predicted octanol–water partition coefficient (Wildman–Crippen LogP) is 1.98. The first-order valence-corrected chi connectivity index (χ1v) is 12.8. The van der Waals surface area contributed by atoms with Crippen molar-refractivity contribution in [3.8, 4) is 0 Å². The number of hydrogen-bond acceptors (Lipinski definition) is 5. The maximum atomic E-state index is 13.9. The van der Waals surface area contributed by atoms with Crippen LogP contribution >= 0.6 is 0 Å². The van der Waals surface area contributed by atoms with Crippen molar-refractivity contribution in [3.63, 3.8) is 0 Å². The average Bonchev–Trinajstić information content (AvgIpc) is 3.46. The highest BCUT2D eigenvalue weighted by molar-refractivity contribution is 5.99. The van der Waals surface area contributed by atoms with E-state index in [1.54, 1.807) is 26.9 Å². The number of likely N-dealkylation sites (tertiary alicyclic amines) is 1. The number of carbonyl (C=O) groups is 3. The monoisotopic (exact) mass is 475 g/mol. The number of rotatable bonds is 14. The van der Waals surface area contributed by atoms with E-state index in [0.717, 1.165) is 19.3 Å². The third-order valence-electron chi connectivity index (χ3n) is 7.47. The molecule has 3 heterocycles. The molecule has 8 heteroatoms. The minimum atomic E-state index is -0.994. The van der Waals surface area contributed by atoms with Gasteiger partial charge >= 0.3 is 0 Å². The van der Waals surface area contributed by atoms with E-state index in [9.17, 15) is 19.5 Å². The predicted molar refractivity (Wildman–Crippen MR) is 130 cm³/mol. The molecule has 3 fully saturated rings. The van der Waals surface area contributed by atoms with Gasteiger partial charge in [-0.1, -0.05) is 32.4 Å². The van der Waals surface area contributed by atoms with Crippen LogP contribution in [0.5, 0.6) is 0 Å². The van der Waals surface area contributed by atoms with E-state index in [-0.39, 0.29) is 37.0 Å². The van der Waals surface area contributed by atoms with E-state index in [0.29, 0.717) is 45.4 Å². The second kappa shape index (κ2) is 11.5. The Hall–Kier alpha value is -2.19. The minimum absolute atomic E-state index is 0.0793. The first-order valence-electron chi connectivity index (χ1n) is 12.8. The van der Waals surface area contributed by atoms with Crippen molar-refractivity contribution in [2.24, 2.45) is 11.8 Å². The lowest BCUT2D eigenvalue weighted by molar-refractivity contribution is -0.148. The Morgan fingerprint density at radius 2 is 1.79 bits per heavy atom. The molecule has 1 N–H and O–H groups in total. The Labute approximate surface area is 203 Å². The summed E-state index contributed by atoms with van der Waals surface area (Å²) in [4.78, 5) is 46.5. The molecule has 0 saturated carbocycles. The standard InChI is InChI=1S/C26H41N3O5/c1-5-9-16-28(15-8-4)25(33)22-26-12-11-19(34-26)20(23(31)27(13-6-2)14-7-3)21(26)24(32)29(22)17-10-18-30/h6,8,19-22,30H,2,4-5,7,9-18H2,1,3H3/t19-,20+,21+,22?,26?/m1/s1. The molecule has 5 atom stereocenters. The Bertz CT molecular complexity index is 786. The molecule has 3 rings (SSSR count). The first-order chi connectivity index (χ1) is 16.4. The highest BCUT2D eigenvalue weighted by atomic mass is 16.5. The van der Waals surface area contributed by atoms with E-state index >= 15 is 0 Å². The summed E-state index contributed by atoms with van der Waals surface area (Å²) in [6.45, 7) is 13.8. The van der Waals surface area contributed by atoms with E-state index in [4.69, 9.17) is 4.74 Å². The Morgan fingerprint density at radius 3 is 2.38 bits per heavy atom. The third-order valence-corrected chi connectivity index (χ3v) is 7.47. The second-order valence-corrected chi connectivity index (χ2v) is 9.66. The Morgan fingerprint density at radius 1 is 1.12 bits per heavy atom. The molecule has 2 unspecified atom stereocenters. The van der Waals surface area contributed by atoms with Gasteiger partial charge in [0.25, 0.3) is 0 Å². The van der Waals surface area contributed by atoms with Crippen molar-refractivity contribution in [1.29, 1.82) is 0 Å². The second-order valence-electron chi connectivity index (χ2n) is 9.66. The number of carbonyl (C=O) groups excluding carboxylic acids is 3. The summed E-state index contributed by atoms with van der Waals surface area (Å²) >= 11 is 0. The van der Waals surface area contributed by atoms with Crippen LogP contribution in [0.4, 0.5) is 0 Å². The van der Waals surface area contributed by atoms with Crippen LogP contribution in [0.25, 0.3) is 0 Å². The summed E-state index contributed by atoms with van der Waals surface area (Å²) in [5.74, 6) is -1.70. The molecule has 34 heavy (non-hydrogen) atoms. The largest absolute Gasteiger partial charge is 0.396 e. The van der Waals surface area contributed by atoms with Gasteiger partial charge in [0.2, 0.25) is 17.7 Å². The zero-order chi connectivity index (χ0) is 24.9.